The van der Waals surface area contributed by atoms with Gasteiger partial charge in [-0.15, -0.1) is 0 Å². The molecule has 0 unspecified atom stereocenters. The summed E-state index contributed by atoms with van der Waals surface area (Å²) >= 11 is 0. The van der Waals surface area contributed by atoms with Crippen molar-refractivity contribution in [2.75, 3.05) is 20.1 Å². The van der Waals surface area contributed by atoms with E-state index in [0.717, 1.165) is 32.6 Å². The van der Waals surface area contributed by atoms with Crippen LogP contribution in [0.25, 0.3) is 0 Å². The van der Waals surface area contributed by atoms with E-state index in [2.05, 4.69) is 30.9 Å². The van der Waals surface area contributed by atoms with Crippen molar-refractivity contribution in [1.29, 1.82) is 0 Å². The molecule has 0 aromatic carbocycles. The van der Waals surface area contributed by atoms with Crippen molar-refractivity contribution in [3.8, 4) is 0 Å². The van der Waals surface area contributed by atoms with E-state index in [-0.39, 0.29) is 0 Å². The van der Waals surface area contributed by atoms with Gasteiger partial charge >= 0.3 is 0 Å². The quantitative estimate of drug-likeness (QED) is 0.761. The lowest BCUT2D eigenvalue weighted by molar-refractivity contribution is 0.323. The number of nitrogens with two attached hydrogens (primary N) is 1. The van der Waals surface area contributed by atoms with Gasteiger partial charge in [0.25, 0.3) is 0 Å². The van der Waals surface area contributed by atoms with Crippen molar-refractivity contribution in [1.82, 2.24) is 14.7 Å². The lowest BCUT2D eigenvalue weighted by Gasteiger charge is -2.15. The van der Waals surface area contributed by atoms with Crippen LogP contribution < -0.4 is 5.73 Å². The molecule has 0 atom stereocenters. The Morgan fingerprint density at radius 2 is 2.27 bits per heavy atom. The third kappa shape index (κ3) is 3.32. The molecule has 1 heterocycles. The van der Waals surface area contributed by atoms with Gasteiger partial charge in [0.05, 0.1) is 6.20 Å². The van der Waals surface area contributed by atoms with Gasteiger partial charge in [0.15, 0.2) is 0 Å². The van der Waals surface area contributed by atoms with Crippen molar-refractivity contribution in [2.45, 2.75) is 33.4 Å². The molecule has 1 aromatic rings. The van der Waals surface area contributed by atoms with Crippen LogP contribution in [0.5, 0.6) is 0 Å². The first kappa shape index (κ1) is 12.2. The third-order valence-electron chi connectivity index (χ3n) is 2.69. The van der Waals surface area contributed by atoms with Crippen LogP contribution in [0.15, 0.2) is 6.20 Å². The summed E-state index contributed by atoms with van der Waals surface area (Å²) in [5, 5.41) is 4.33. The summed E-state index contributed by atoms with van der Waals surface area (Å²) in [6.07, 6.45) is 3.02. The molecular weight excluding hydrogens is 188 g/mol. The maximum absolute atomic E-state index is 5.48. The number of rotatable bonds is 6. The molecule has 0 bridgehead atoms. The van der Waals surface area contributed by atoms with Crippen LogP contribution in [0.2, 0.25) is 0 Å². The first-order chi connectivity index (χ1) is 7.19. The van der Waals surface area contributed by atoms with Crippen LogP contribution >= 0.6 is 0 Å². The molecule has 0 aliphatic carbocycles. The van der Waals surface area contributed by atoms with E-state index in [1.165, 1.54) is 11.3 Å². The molecular formula is C11H22N4. The number of hydrogen-bond acceptors (Lipinski definition) is 3. The predicted octanol–water partition coefficient (Wildman–Crippen LogP) is 0.992. The molecule has 0 aliphatic rings. The lowest BCUT2D eigenvalue weighted by Crippen LogP contribution is -2.21. The van der Waals surface area contributed by atoms with E-state index in [4.69, 9.17) is 5.73 Å². The fourth-order valence-corrected chi connectivity index (χ4v) is 1.69. The Kier molecular flexibility index (Phi) is 4.78. The summed E-state index contributed by atoms with van der Waals surface area (Å²) in [4.78, 5) is 2.29. The molecule has 0 amide bonds. The Hall–Kier alpha value is -0.870. The molecule has 2 N–H and O–H groups in total. The van der Waals surface area contributed by atoms with Gasteiger partial charge in [-0.25, -0.2) is 0 Å². The Balaban J connectivity index is 2.52. The smallest absolute Gasteiger partial charge is 0.0537 e. The standard InChI is InChI=1S/C11H22N4/c1-4-15-10(2)11(8-13-15)9-14(3)7-5-6-12/h8H,4-7,9,12H2,1-3H3. The highest BCUT2D eigenvalue weighted by Crippen LogP contribution is 2.09. The van der Waals surface area contributed by atoms with Crippen molar-refractivity contribution in [2.24, 2.45) is 5.73 Å². The molecule has 1 aromatic heterocycles. The lowest BCUT2D eigenvalue weighted by atomic mass is 10.2. The molecule has 0 spiro atoms. The average molecular weight is 210 g/mol. The Morgan fingerprint density at radius 1 is 1.53 bits per heavy atom. The van der Waals surface area contributed by atoms with Gasteiger partial charge in [-0.2, -0.15) is 5.10 Å². The molecule has 0 saturated heterocycles. The number of aryl methyl sites for hydroxylation is 1. The molecule has 4 heteroatoms. The zero-order valence-corrected chi connectivity index (χ0v) is 10.0. The summed E-state index contributed by atoms with van der Waals surface area (Å²) in [5.74, 6) is 0. The van der Waals surface area contributed by atoms with E-state index in [0.29, 0.717) is 0 Å². The van der Waals surface area contributed by atoms with Crippen molar-refractivity contribution in [3.05, 3.63) is 17.5 Å². The highest BCUT2D eigenvalue weighted by atomic mass is 15.3. The van der Waals surface area contributed by atoms with E-state index in [1.807, 2.05) is 10.9 Å². The van der Waals surface area contributed by atoms with Crippen LogP contribution in [0.4, 0.5) is 0 Å². The van der Waals surface area contributed by atoms with Crippen molar-refractivity contribution >= 4 is 0 Å². The highest BCUT2D eigenvalue weighted by Gasteiger charge is 2.07. The minimum Gasteiger partial charge on any atom is -0.330 e. The monoisotopic (exact) mass is 210 g/mol. The number of aromatic nitrogens is 2. The maximum atomic E-state index is 5.48. The first-order valence-electron chi connectivity index (χ1n) is 5.59. The molecule has 0 fully saturated rings. The van der Waals surface area contributed by atoms with Gasteiger partial charge < -0.3 is 10.6 Å². The SMILES string of the molecule is CCn1ncc(CN(C)CCCN)c1C. The van der Waals surface area contributed by atoms with Crippen LogP contribution in [0.1, 0.15) is 24.6 Å². The van der Waals surface area contributed by atoms with Crippen LogP contribution in [0, 0.1) is 6.92 Å². The Morgan fingerprint density at radius 3 is 2.80 bits per heavy atom. The molecule has 0 radical (unpaired) electrons. The summed E-state index contributed by atoms with van der Waals surface area (Å²) in [6.45, 7) is 7.96. The first-order valence-corrected chi connectivity index (χ1v) is 5.59. The minimum absolute atomic E-state index is 0.761. The largest absolute Gasteiger partial charge is 0.330 e. The van der Waals surface area contributed by atoms with E-state index in [9.17, 15) is 0 Å². The van der Waals surface area contributed by atoms with Crippen LogP contribution in [-0.4, -0.2) is 34.8 Å². The summed E-state index contributed by atoms with van der Waals surface area (Å²) < 4.78 is 2.03. The summed E-state index contributed by atoms with van der Waals surface area (Å²) in [5.41, 5.74) is 8.07. The topological polar surface area (TPSA) is 47.1 Å². The van der Waals surface area contributed by atoms with Gasteiger partial charge in [0, 0.05) is 24.3 Å². The zero-order valence-electron chi connectivity index (χ0n) is 10.0. The Bertz CT molecular complexity index is 293. The molecule has 4 nitrogen and oxygen atoms in total. The minimum atomic E-state index is 0.761. The van der Waals surface area contributed by atoms with Crippen LogP contribution in [0.3, 0.4) is 0 Å². The van der Waals surface area contributed by atoms with E-state index >= 15 is 0 Å². The van der Waals surface area contributed by atoms with Gasteiger partial charge in [0.2, 0.25) is 0 Å². The molecule has 1 rings (SSSR count). The fraction of sp³-hybridized carbons (Fsp3) is 0.727. The normalized spacial score (nSPS) is 11.3. The predicted molar refractivity (Wildman–Crippen MR) is 62.6 cm³/mol. The molecule has 86 valence electrons. The average Bonchev–Trinajstić information content (AvgIpc) is 2.57. The molecule has 0 aliphatic heterocycles. The second kappa shape index (κ2) is 5.88. The third-order valence-corrected chi connectivity index (χ3v) is 2.69. The Labute approximate surface area is 92.1 Å². The second-order valence-electron chi connectivity index (χ2n) is 3.95. The van der Waals surface area contributed by atoms with E-state index in [1.54, 1.807) is 0 Å². The maximum Gasteiger partial charge on any atom is 0.0537 e. The molecule has 15 heavy (non-hydrogen) atoms. The number of hydrogen-bond donors (Lipinski definition) is 1. The summed E-state index contributed by atoms with van der Waals surface area (Å²) in [6, 6.07) is 0. The molecule has 0 saturated carbocycles. The van der Waals surface area contributed by atoms with E-state index < -0.39 is 0 Å². The van der Waals surface area contributed by atoms with Gasteiger partial charge in [-0.1, -0.05) is 0 Å². The van der Waals surface area contributed by atoms with Gasteiger partial charge in [0.1, 0.15) is 0 Å². The van der Waals surface area contributed by atoms with Crippen molar-refractivity contribution < 1.29 is 0 Å². The van der Waals surface area contributed by atoms with Gasteiger partial charge in [-0.3, -0.25) is 4.68 Å². The zero-order chi connectivity index (χ0) is 11.3. The van der Waals surface area contributed by atoms with Crippen molar-refractivity contribution in [3.63, 3.8) is 0 Å². The highest BCUT2D eigenvalue weighted by molar-refractivity contribution is 5.15. The summed E-state index contributed by atoms with van der Waals surface area (Å²) in [7, 11) is 2.12. The van der Waals surface area contributed by atoms with Crippen LogP contribution in [-0.2, 0) is 13.1 Å². The fourth-order valence-electron chi connectivity index (χ4n) is 1.69. The second-order valence-corrected chi connectivity index (χ2v) is 3.95. The number of nitrogens with zero attached hydrogens (tertiary/aromatic N) is 3. The van der Waals surface area contributed by atoms with Gasteiger partial charge in [-0.05, 0) is 40.4 Å².